The van der Waals surface area contributed by atoms with Crippen LogP contribution in [0.4, 0.5) is 0 Å². The van der Waals surface area contributed by atoms with Crippen molar-refractivity contribution >= 4 is 5.91 Å². The van der Waals surface area contributed by atoms with Crippen LogP contribution < -0.4 is 10.1 Å². The van der Waals surface area contributed by atoms with Gasteiger partial charge in [0.1, 0.15) is 12.1 Å². The fourth-order valence-electron chi connectivity index (χ4n) is 3.30. The van der Waals surface area contributed by atoms with Crippen LogP contribution in [0.15, 0.2) is 30.6 Å². The van der Waals surface area contributed by atoms with Crippen molar-refractivity contribution < 1.29 is 14.6 Å². The molecule has 2 aromatic rings. The molecular weight excluding hydrogens is 332 g/mol. The second-order valence-electron chi connectivity index (χ2n) is 6.79. The van der Waals surface area contributed by atoms with Crippen LogP contribution in [0.2, 0.25) is 0 Å². The van der Waals surface area contributed by atoms with E-state index in [1.54, 1.807) is 31.4 Å². The molecule has 7 nitrogen and oxygen atoms in total. The number of aliphatic hydroxyl groups excluding tert-OH is 1. The molecule has 1 aliphatic rings. The second kappa shape index (κ2) is 8.80. The van der Waals surface area contributed by atoms with E-state index in [0.29, 0.717) is 12.5 Å². The molecule has 3 rings (SSSR count). The number of nitrogens with zero attached hydrogens (tertiary/aromatic N) is 3. The number of aromatic nitrogens is 3. The Labute approximate surface area is 153 Å². The summed E-state index contributed by atoms with van der Waals surface area (Å²) < 4.78 is 6.60. The van der Waals surface area contributed by atoms with E-state index < -0.39 is 6.10 Å². The number of aliphatic hydroxyl groups is 1. The lowest BCUT2D eigenvalue weighted by Gasteiger charge is -2.21. The van der Waals surface area contributed by atoms with Gasteiger partial charge in [-0.3, -0.25) is 4.79 Å². The summed E-state index contributed by atoms with van der Waals surface area (Å²) in [4.78, 5) is 16.3. The van der Waals surface area contributed by atoms with Crippen molar-refractivity contribution in [1.82, 2.24) is 20.1 Å². The molecule has 1 amide bonds. The highest BCUT2D eigenvalue weighted by molar-refractivity contribution is 5.90. The number of rotatable bonds is 7. The Balaban J connectivity index is 1.52. The molecule has 7 heteroatoms. The molecule has 1 heterocycles. The van der Waals surface area contributed by atoms with Crippen LogP contribution in [0.25, 0.3) is 0 Å². The summed E-state index contributed by atoms with van der Waals surface area (Å²) in [5.41, 5.74) is 0.754. The number of hydrogen-bond acceptors (Lipinski definition) is 5. The highest BCUT2D eigenvalue weighted by Crippen LogP contribution is 2.22. The van der Waals surface area contributed by atoms with Gasteiger partial charge >= 0.3 is 0 Å². The third-order valence-electron chi connectivity index (χ3n) is 4.88. The Morgan fingerprint density at radius 3 is 2.73 bits per heavy atom. The Kier molecular flexibility index (Phi) is 6.22. The Morgan fingerprint density at radius 1 is 1.31 bits per heavy atom. The van der Waals surface area contributed by atoms with E-state index in [1.807, 2.05) is 0 Å². The SMILES string of the molecule is COc1ccc(C(O)Cn2cnc(C(=O)NCC3CCCCC3)n2)cc1. The zero-order chi connectivity index (χ0) is 18.4. The molecule has 1 saturated carbocycles. The topological polar surface area (TPSA) is 89.3 Å². The summed E-state index contributed by atoms with van der Waals surface area (Å²) in [6.45, 7) is 0.914. The van der Waals surface area contributed by atoms with Crippen LogP contribution in [0, 0.1) is 5.92 Å². The summed E-state index contributed by atoms with van der Waals surface area (Å²) in [5.74, 6) is 1.18. The van der Waals surface area contributed by atoms with Gasteiger partial charge in [-0.1, -0.05) is 31.4 Å². The molecule has 1 atom stereocenters. The number of amides is 1. The minimum atomic E-state index is -0.735. The molecule has 1 unspecified atom stereocenters. The average molecular weight is 358 g/mol. The van der Waals surface area contributed by atoms with Crippen molar-refractivity contribution in [3.63, 3.8) is 0 Å². The van der Waals surface area contributed by atoms with Gasteiger partial charge in [-0.25, -0.2) is 9.67 Å². The molecular formula is C19H26N4O3. The van der Waals surface area contributed by atoms with E-state index in [-0.39, 0.29) is 18.3 Å². The molecule has 0 radical (unpaired) electrons. The summed E-state index contributed by atoms with van der Waals surface area (Å²) in [5, 5.41) is 17.4. The quantitative estimate of drug-likeness (QED) is 0.793. The molecule has 0 saturated heterocycles. The minimum absolute atomic E-state index is 0.141. The van der Waals surface area contributed by atoms with E-state index in [1.165, 1.54) is 43.1 Å². The lowest BCUT2D eigenvalue weighted by atomic mass is 9.89. The fourth-order valence-corrected chi connectivity index (χ4v) is 3.30. The van der Waals surface area contributed by atoms with Gasteiger partial charge in [0.15, 0.2) is 0 Å². The van der Waals surface area contributed by atoms with Gasteiger partial charge in [0.25, 0.3) is 5.91 Å². The lowest BCUT2D eigenvalue weighted by molar-refractivity contribution is 0.0931. The molecule has 26 heavy (non-hydrogen) atoms. The first kappa shape index (κ1) is 18.4. The summed E-state index contributed by atoms with van der Waals surface area (Å²) in [7, 11) is 1.60. The van der Waals surface area contributed by atoms with E-state index in [9.17, 15) is 9.90 Å². The molecule has 1 fully saturated rings. The number of carbonyl (C=O) groups is 1. The van der Waals surface area contributed by atoms with Crippen molar-refractivity contribution in [2.45, 2.75) is 44.8 Å². The molecule has 0 aliphatic heterocycles. The van der Waals surface area contributed by atoms with E-state index in [2.05, 4.69) is 15.4 Å². The van der Waals surface area contributed by atoms with Gasteiger partial charge < -0.3 is 15.2 Å². The lowest BCUT2D eigenvalue weighted by Crippen LogP contribution is -2.31. The molecule has 0 bridgehead atoms. The van der Waals surface area contributed by atoms with Crippen molar-refractivity contribution in [3.8, 4) is 5.75 Å². The summed E-state index contributed by atoms with van der Waals surface area (Å²) in [6.07, 6.45) is 6.88. The van der Waals surface area contributed by atoms with Crippen LogP contribution >= 0.6 is 0 Å². The number of benzene rings is 1. The first-order valence-electron chi connectivity index (χ1n) is 9.15. The van der Waals surface area contributed by atoms with Gasteiger partial charge in [-0.05, 0) is 36.5 Å². The van der Waals surface area contributed by atoms with Crippen molar-refractivity contribution in [2.75, 3.05) is 13.7 Å². The largest absolute Gasteiger partial charge is 0.497 e. The second-order valence-corrected chi connectivity index (χ2v) is 6.79. The third kappa shape index (κ3) is 4.82. The molecule has 1 aliphatic carbocycles. The van der Waals surface area contributed by atoms with Gasteiger partial charge in [0.05, 0.1) is 19.8 Å². The fraction of sp³-hybridized carbons (Fsp3) is 0.526. The smallest absolute Gasteiger partial charge is 0.290 e. The summed E-state index contributed by atoms with van der Waals surface area (Å²) in [6, 6.07) is 7.20. The Morgan fingerprint density at radius 2 is 2.04 bits per heavy atom. The van der Waals surface area contributed by atoms with Gasteiger partial charge in [0, 0.05) is 6.54 Å². The zero-order valence-electron chi connectivity index (χ0n) is 15.1. The van der Waals surface area contributed by atoms with E-state index in [0.717, 1.165) is 11.3 Å². The van der Waals surface area contributed by atoms with Crippen molar-refractivity contribution in [1.29, 1.82) is 0 Å². The van der Waals surface area contributed by atoms with Crippen molar-refractivity contribution in [2.24, 2.45) is 5.92 Å². The molecule has 140 valence electrons. The third-order valence-corrected chi connectivity index (χ3v) is 4.88. The predicted octanol–water partition coefficient (Wildman–Crippen LogP) is 2.33. The van der Waals surface area contributed by atoms with Crippen LogP contribution in [-0.4, -0.2) is 39.4 Å². The molecule has 1 aromatic heterocycles. The number of carbonyl (C=O) groups excluding carboxylic acids is 1. The van der Waals surface area contributed by atoms with Crippen LogP contribution in [0.5, 0.6) is 5.75 Å². The molecule has 0 spiro atoms. The number of nitrogens with one attached hydrogen (secondary N) is 1. The normalized spacial score (nSPS) is 16.2. The average Bonchev–Trinajstić information content (AvgIpc) is 3.15. The molecule has 1 aromatic carbocycles. The molecule has 2 N–H and O–H groups in total. The van der Waals surface area contributed by atoms with Gasteiger partial charge in [0.2, 0.25) is 5.82 Å². The number of methoxy groups -OCH3 is 1. The van der Waals surface area contributed by atoms with Crippen LogP contribution in [0.3, 0.4) is 0 Å². The van der Waals surface area contributed by atoms with E-state index in [4.69, 9.17) is 4.74 Å². The predicted molar refractivity (Wildman–Crippen MR) is 96.9 cm³/mol. The van der Waals surface area contributed by atoms with Crippen LogP contribution in [0.1, 0.15) is 54.4 Å². The number of hydrogen-bond donors (Lipinski definition) is 2. The minimum Gasteiger partial charge on any atom is -0.497 e. The van der Waals surface area contributed by atoms with Crippen LogP contribution in [-0.2, 0) is 6.54 Å². The number of ether oxygens (including phenoxy) is 1. The maximum atomic E-state index is 12.2. The highest BCUT2D eigenvalue weighted by Gasteiger charge is 2.17. The first-order chi connectivity index (χ1) is 12.7. The standard InChI is InChI=1S/C19H26N4O3/c1-26-16-9-7-15(8-10-16)17(24)12-23-13-21-18(22-23)19(25)20-11-14-5-3-2-4-6-14/h7-10,13-14,17,24H,2-6,11-12H2,1H3,(H,20,25). The zero-order valence-corrected chi connectivity index (χ0v) is 15.1. The highest BCUT2D eigenvalue weighted by atomic mass is 16.5. The van der Waals surface area contributed by atoms with Gasteiger partial charge in [-0.2, -0.15) is 0 Å². The van der Waals surface area contributed by atoms with Gasteiger partial charge in [-0.15, -0.1) is 5.10 Å². The maximum absolute atomic E-state index is 12.2. The Hall–Kier alpha value is -2.41. The first-order valence-corrected chi connectivity index (χ1v) is 9.15. The van der Waals surface area contributed by atoms with E-state index >= 15 is 0 Å². The maximum Gasteiger partial charge on any atom is 0.290 e. The Bertz CT molecular complexity index is 708. The monoisotopic (exact) mass is 358 g/mol. The van der Waals surface area contributed by atoms with Crippen molar-refractivity contribution in [3.05, 3.63) is 42.0 Å². The summed E-state index contributed by atoms with van der Waals surface area (Å²) >= 11 is 0.